The van der Waals surface area contributed by atoms with E-state index in [1.807, 2.05) is 0 Å². The maximum atomic E-state index is 13.1. The van der Waals surface area contributed by atoms with Crippen LogP contribution in [-0.4, -0.2) is 71.4 Å². The first-order valence-corrected chi connectivity index (χ1v) is 9.69. The summed E-state index contributed by atoms with van der Waals surface area (Å²) in [6.45, 7) is 1.67. The van der Waals surface area contributed by atoms with E-state index < -0.39 is 18.1 Å². The van der Waals surface area contributed by atoms with E-state index in [-0.39, 0.29) is 29.6 Å². The van der Waals surface area contributed by atoms with Crippen molar-refractivity contribution in [1.82, 2.24) is 15.1 Å². The van der Waals surface area contributed by atoms with Crippen molar-refractivity contribution in [3.8, 4) is 0 Å². The average Bonchev–Trinajstić information content (AvgIpc) is 3.08. The van der Waals surface area contributed by atoms with Crippen LogP contribution in [-0.2, 0) is 14.3 Å². The molecule has 8 heteroatoms. The highest BCUT2D eigenvalue weighted by Crippen LogP contribution is 2.35. The van der Waals surface area contributed by atoms with Crippen LogP contribution in [0.1, 0.15) is 36.2 Å². The third-order valence-electron chi connectivity index (χ3n) is 6.09. The van der Waals surface area contributed by atoms with Crippen molar-refractivity contribution in [2.45, 2.75) is 49.9 Å². The van der Waals surface area contributed by atoms with E-state index in [1.54, 1.807) is 21.9 Å². The zero-order chi connectivity index (χ0) is 18.5. The minimum Gasteiger partial charge on any atom is -0.459 e. The van der Waals surface area contributed by atoms with Gasteiger partial charge in [-0.05, 0) is 37.3 Å². The first-order valence-electron chi connectivity index (χ1n) is 9.69. The van der Waals surface area contributed by atoms with Gasteiger partial charge in [0.25, 0.3) is 5.91 Å². The number of nitrogens with zero attached hydrogens (tertiary/aromatic N) is 2. The molecule has 4 aliphatic rings. The fourth-order valence-electron chi connectivity index (χ4n) is 4.46. The zero-order valence-electron chi connectivity index (χ0n) is 15.0. The molecule has 8 nitrogen and oxygen atoms in total. The highest BCUT2D eigenvalue weighted by atomic mass is 16.5. The number of piperazine rings is 1. The molecule has 3 amide bonds. The summed E-state index contributed by atoms with van der Waals surface area (Å²) in [4.78, 5) is 41.7. The highest BCUT2D eigenvalue weighted by Gasteiger charge is 2.55. The van der Waals surface area contributed by atoms with Gasteiger partial charge in [-0.3, -0.25) is 14.4 Å². The zero-order valence-corrected chi connectivity index (χ0v) is 15.0. The molecule has 0 spiro atoms. The number of ether oxygens (including phenoxy) is 1. The summed E-state index contributed by atoms with van der Waals surface area (Å²) in [5, 5.41) is 2.87. The Bertz CT molecular complexity index is 759. The molecule has 0 unspecified atom stereocenters. The van der Waals surface area contributed by atoms with Gasteiger partial charge in [0.05, 0.1) is 18.4 Å². The smallest absolute Gasteiger partial charge is 0.287 e. The Morgan fingerprint density at radius 3 is 2.81 bits per heavy atom. The summed E-state index contributed by atoms with van der Waals surface area (Å²) in [5.74, 6) is 0.390. The number of carbonyl (C=O) groups is 3. The van der Waals surface area contributed by atoms with Crippen LogP contribution >= 0.6 is 0 Å². The van der Waals surface area contributed by atoms with Crippen LogP contribution < -0.4 is 5.32 Å². The second-order valence-corrected chi connectivity index (χ2v) is 7.96. The van der Waals surface area contributed by atoms with Crippen LogP contribution in [0.4, 0.5) is 0 Å². The average molecular weight is 373 g/mol. The van der Waals surface area contributed by atoms with Crippen LogP contribution in [0.25, 0.3) is 0 Å². The van der Waals surface area contributed by atoms with Gasteiger partial charge in [-0.15, -0.1) is 0 Å². The molecule has 5 rings (SSSR count). The maximum Gasteiger partial charge on any atom is 0.287 e. The number of carbonyl (C=O) groups excluding carboxylic acids is 3. The summed E-state index contributed by atoms with van der Waals surface area (Å²) in [7, 11) is 0. The molecular formula is C19H23N3O5. The van der Waals surface area contributed by atoms with Gasteiger partial charge in [-0.25, -0.2) is 0 Å². The van der Waals surface area contributed by atoms with E-state index >= 15 is 0 Å². The molecule has 4 heterocycles. The molecule has 0 radical (unpaired) electrons. The van der Waals surface area contributed by atoms with Crippen LogP contribution in [0.2, 0.25) is 0 Å². The first-order chi connectivity index (χ1) is 13.1. The van der Waals surface area contributed by atoms with Crippen LogP contribution in [0.15, 0.2) is 22.8 Å². The number of amides is 3. The molecule has 1 aromatic heterocycles. The Kier molecular flexibility index (Phi) is 3.96. The van der Waals surface area contributed by atoms with E-state index in [9.17, 15) is 14.4 Å². The topological polar surface area (TPSA) is 92.1 Å². The number of nitrogens with one attached hydrogen (secondary N) is 1. The van der Waals surface area contributed by atoms with Gasteiger partial charge in [0, 0.05) is 26.1 Å². The Morgan fingerprint density at radius 1 is 1.22 bits per heavy atom. The van der Waals surface area contributed by atoms with E-state index in [1.165, 1.54) is 19.1 Å². The molecule has 144 valence electrons. The van der Waals surface area contributed by atoms with Gasteiger partial charge in [0.15, 0.2) is 5.76 Å². The molecule has 1 aromatic rings. The Morgan fingerprint density at radius 2 is 2.07 bits per heavy atom. The Hall–Kier alpha value is -2.35. The molecule has 1 N–H and O–H groups in total. The number of hydrogen-bond acceptors (Lipinski definition) is 5. The van der Waals surface area contributed by atoms with Gasteiger partial charge >= 0.3 is 0 Å². The molecule has 3 saturated heterocycles. The van der Waals surface area contributed by atoms with E-state index in [2.05, 4.69) is 5.32 Å². The Balaban J connectivity index is 1.28. The summed E-state index contributed by atoms with van der Waals surface area (Å²) in [6.07, 6.45) is 4.93. The summed E-state index contributed by atoms with van der Waals surface area (Å²) in [6, 6.07) is 1.77. The Labute approximate surface area is 156 Å². The van der Waals surface area contributed by atoms with Crippen molar-refractivity contribution in [2.24, 2.45) is 5.92 Å². The van der Waals surface area contributed by atoms with Crippen LogP contribution in [0.5, 0.6) is 0 Å². The van der Waals surface area contributed by atoms with E-state index in [0.29, 0.717) is 31.8 Å². The van der Waals surface area contributed by atoms with Crippen molar-refractivity contribution in [3.05, 3.63) is 24.2 Å². The number of hydrogen-bond donors (Lipinski definition) is 1. The molecule has 3 aliphatic heterocycles. The van der Waals surface area contributed by atoms with E-state index in [4.69, 9.17) is 9.15 Å². The molecule has 1 saturated carbocycles. The van der Waals surface area contributed by atoms with Crippen molar-refractivity contribution in [3.63, 3.8) is 0 Å². The second kappa shape index (κ2) is 6.37. The number of rotatable bonds is 5. The van der Waals surface area contributed by atoms with Crippen molar-refractivity contribution >= 4 is 17.7 Å². The first kappa shape index (κ1) is 16.8. The van der Waals surface area contributed by atoms with E-state index in [0.717, 1.165) is 6.61 Å². The lowest BCUT2D eigenvalue weighted by Gasteiger charge is -2.40. The van der Waals surface area contributed by atoms with Gasteiger partial charge < -0.3 is 24.3 Å². The van der Waals surface area contributed by atoms with Crippen molar-refractivity contribution < 1.29 is 23.5 Å². The monoisotopic (exact) mass is 373 g/mol. The van der Waals surface area contributed by atoms with Gasteiger partial charge in [0.2, 0.25) is 11.8 Å². The van der Waals surface area contributed by atoms with Gasteiger partial charge in [0.1, 0.15) is 12.1 Å². The summed E-state index contributed by atoms with van der Waals surface area (Å²) >= 11 is 0. The van der Waals surface area contributed by atoms with Crippen molar-refractivity contribution in [1.29, 1.82) is 0 Å². The predicted octanol–water partition coefficient (Wildman–Crippen LogP) is 0.389. The van der Waals surface area contributed by atoms with Gasteiger partial charge in [-0.2, -0.15) is 0 Å². The van der Waals surface area contributed by atoms with Crippen LogP contribution in [0.3, 0.4) is 0 Å². The summed E-state index contributed by atoms with van der Waals surface area (Å²) < 4.78 is 11.1. The molecule has 4 fully saturated rings. The van der Waals surface area contributed by atoms with Crippen molar-refractivity contribution in [2.75, 3.05) is 19.7 Å². The quantitative estimate of drug-likeness (QED) is 0.806. The second-order valence-electron chi connectivity index (χ2n) is 7.96. The highest BCUT2D eigenvalue weighted by molar-refractivity contribution is 5.99. The molecule has 27 heavy (non-hydrogen) atoms. The normalized spacial score (nSPS) is 32.6. The third-order valence-corrected chi connectivity index (χ3v) is 6.09. The fraction of sp³-hybridized carbons (Fsp3) is 0.632. The predicted molar refractivity (Wildman–Crippen MR) is 92.7 cm³/mol. The van der Waals surface area contributed by atoms with Crippen LogP contribution in [0, 0.1) is 5.92 Å². The molecular weight excluding hydrogens is 350 g/mol. The molecule has 0 aromatic carbocycles. The number of furan rings is 1. The minimum absolute atomic E-state index is 0.0214. The standard InChI is InChI=1S/C19H23N3O5/c23-17(15-2-1-7-26-15)20-13-5-6-21-16(13)19(25)22-9-12(8-14(22)18(21)24)27-10-11-3-4-11/h1-2,7,11-14,16H,3-6,8-10H2,(H,20,23)/t12-,13+,14+,16+/m1/s1. The SMILES string of the molecule is O=C(N[C@H]1CCN2C(=O)[C@@H]3C[C@@H](OCC4CC4)CN3C(=O)[C@H]12)c1ccco1. The largest absolute Gasteiger partial charge is 0.459 e. The molecule has 4 atom stereocenters. The number of fused-ring (bicyclic) bond motifs is 2. The lowest BCUT2D eigenvalue weighted by Crippen LogP contribution is -2.64. The third kappa shape index (κ3) is 2.92. The fourth-order valence-corrected chi connectivity index (χ4v) is 4.46. The minimum atomic E-state index is -0.630. The van der Waals surface area contributed by atoms with Gasteiger partial charge in [-0.1, -0.05) is 0 Å². The maximum absolute atomic E-state index is 13.1. The lowest BCUT2D eigenvalue weighted by atomic mass is 10.0. The molecule has 0 bridgehead atoms. The summed E-state index contributed by atoms with van der Waals surface area (Å²) in [5.41, 5.74) is 0. The lowest BCUT2D eigenvalue weighted by molar-refractivity contribution is -0.157. The molecule has 1 aliphatic carbocycles.